The van der Waals surface area contributed by atoms with Gasteiger partial charge in [-0.05, 0) is 26.8 Å². The summed E-state index contributed by atoms with van der Waals surface area (Å²) in [6, 6.07) is 7.19. The molecule has 0 aliphatic carbocycles. The van der Waals surface area contributed by atoms with Gasteiger partial charge in [-0.3, -0.25) is 0 Å². The molecule has 0 radical (unpaired) electrons. The van der Waals surface area contributed by atoms with Crippen molar-refractivity contribution in [2.45, 2.75) is 32.9 Å². The van der Waals surface area contributed by atoms with Crippen LogP contribution in [0.1, 0.15) is 36.9 Å². The second-order valence-electron chi connectivity index (χ2n) is 5.31. The van der Waals surface area contributed by atoms with E-state index in [1.807, 2.05) is 32.9 Å². The average molecular weight is 247 g/mol. The molecule has 2 aromatic rings. The van der Waals surface area contributed by atoms with Crippen LogP contribution in [0.15, 0.2) is 28.7 Å². The Kier molecular flexibility index (Phi) is 3.13. The second kappa shape index (κ2) is 4.46. The maximum absolute atomic E-state index is 11.3. The van der Waals surface area contributed by atoms with Gasteiger partial charge in [0.15, 0.2) is 0 Å². The van der Waals surface area contributed by atoms with Crippen LogP contribution in [0.3, 0.4) is 0 Å². The quantitative estimate of drug-likeness (QED) is 0.875. The van der Waals surface area contributed by atoms with Gasteiger partial charge in [-0.15, -0.1) is 0 Å². The zero-order valence-corrected chi connectivity index (χ0v) is 10.8. The first kappa shape index (κ1) is 12.6. The topological polar surface area (TPSA) is 62.5 Å². The SMILES string of the molecule is CC(C)(C)NCc1oc2ccccc2c1C(=O)O. The van der Waals surface area contributed by atoms with Crippen LogP contribution in [0.2, 0.25) is 0 Å². The van der Waals surface area contributed by atoms with Crippen LogP contribution >= 0.6 is 0 Å². The molecule has 0 unspecified atom stereocenters. The Morgan fingerprint density at radius 2 is 2.00 bits per heavy atom. The van der Waals surface area contributed by atoms with Crippen molar-refractivity contribution in [2.75, 3.05) is 0 Å². The summed E-state index contributed by atoms with van der Waals surface area (Å²) >= 11 is 0. The summed E-state index contributed by atoms with van der Waals surface area (Å²) in [4.78, 5) is 11.3. The van der Waals surface area contributed by atoms with E-state index >= 15 is 0 Å². The Morgan fingerprint density at radius 3 is 2.61 bits per heavy atom. The third-order valence-corrected chi connectivity index (χ3v) is 2.66. The van der Waals surface area contributed by atoms with Gasteiger partial charge in [0.05, 0.1) is 6.54 Å². The molecule has 0 aliphatic rings. The Labute approximate surface area is 106 Å². The highest BCUT2D eigenvalue weighted by Gasteiger charge is 2.21. The molecule has 0 aliphatic heterocycles. The number of furan rings is 1. The first-order valence-electron chi connectivity index (χ1n) is 5.87. The van der Waals surface area contributed by atoms with Gasteiger partial charge < -0.3 is 14.8 Å². The van der Waals surface area contributed by atoms with E-state index in [9.17, 15) is 9.90 Å². The molecule has 1 heterocycles. The third kappa shape index (κ3) is 2.54. The molecule has 0 bridgehead atoms. The number of rotatable bonds is 3. The van der Waals surface area contributed by atoms with Gasteiger partial charge in [0.1, 0.15) is 16.9 Å². The number of carbonyl (C=O) groups is 1. The minimum Gasteiger partial charge on any atom is -0.478 e. The molecular weight excluding hydrogens is 230 g/mol. The molecule has 2 rings (SSSR count). The highest BCUT2D eigenvalue weighted by molar-refractivity contribution is 6.03. The molecule has 0 saturated carbocycles. The molecule has 18 heavy (non-hydrogen) atoms. The number of fused-ring (bicyclic) bond motifs is 1. The molecular formula is C14H17NO3. The molecule has 96 valence electrons. The molecule has 0 amide bonds. The number of hydrogen-bond donors (Lipinski definition) is 2. The number of para-hydroxylation sites is 1. The summed E-state index contributed by atoms with van der Waals surface area (Å²) in [6.07, 6.45) is 0. The fourth-order valence-corrected chi connectivity index (χ4v) is 1.80. The lowest BCUT2D eigenvalue weighted by Crippen LogP contribution is -2.35. The van der Waals surface area contributed by atoms with Crippen LogP contribution in [-0.2, 0) is 6.54 Å². The normalized spacial score (nSPS) is 11.9. The van der Waals surface area contributed by atoms with E-state index in [0.29, 0.717) is 23.3 Å². The van der Waals surface area contributed by atoms with Crippen LogP contribution in [0.4, 0.5) is 0 Å². The van der Waals surface area contributed by atoms with Crippen molar-refractivity contribution in [3.8, 4) is 0 Å². The largest absolute Gasteiger partial charge is 0.478 e. The van der Waals surface area contributed by atoms with Crippen molar-refractivity contribution in [2.24, 2.45) is 0 Å². The van der Waals surface area contributed by atoms with E-state index in [0.717, 1.165) is 0 Å². The van der Waals surface area contributed by atoms with Gasteiger partial charge in [0.25, 0.3) is 0 Å². The molecule has 4 nitrogen and oxygen atoms in total. The molecule has 2 N–H and O–H groups in total. The van der Waals surface area contributed by atoms with Crippen molar-refractivity contribution in [1.82, 2.24) is 5.32 Å². The number of hydrogen-bond acceptors (Lipinski definition) is 3. The predicted octanol–water partition coefficient (Wildman–Crippen LogP) is 3.02. The number of aromatic carboxylic acids is 1. The van der Waals surface area contributed by atoms with Crippen molar-refractivity contribution in [3.05, 3.63) is 35.6 Å². The van der Waals surface area contributed by atoms with Crippen LogP contribution in [0.5, 0.6) is 0 Å². The number of carboxylic acids is 1. The summed E-state index contributed by atoms with van der Waals surface area (Å²) in [5.74, 6) is -0.482. The summed E-state index contributed by atoms with van der Waals surface area (Å²) in [5.41, 5.74) is 0.775. The van der Waals surface area contributed by atoms with E-state index in [1.165, 1.54) is 0 Å². The summed E-state index contributed by atoms with van der Waals surface area (Å²) in [6.45, 7) is 6.47. The van der Waals surface area contributed by atoms with Gasteiger partial charge in [0, 0.05) is 10.9 Å². The standard InChI is InChI=1S/C14H17NO3/c1-14(2,3)15-8-11-12(13(16)17)9-6-4-5-7-10(9)18-11/h4-7,15H,8H2,1-3H3,(H,16,17). The van der Waals surface area contributed by atoms with Crippen LogP contribution in [-0.4, -0.2) is 16.6 Å². The number of benzene rings is 1. The molecule has 0 fully saturated rings. The zero-order chi connectivity index (χ0) is 13.3. The monoisotopic (exact) mass is 247 g/mol. The maximum atomic E-state index is 11.3. The lowest BCUT2D eigenvalue weighted by Gasteiger charge is -2.19. The number of nitrogens with one attached hydrogen (secondary N) is 1. The molecule has 4 heteroatoms. The Hall–Kier alpha value is -1.81. The Balaban J connectivity index is 2.43. The van der Waals surface area contributed by atoms with Crippen LogP contribution < -0.4 is 5.32 Å². The highest BCUT2D eigenvalue weighted by Crippen LogP contribution is 2.26. The van der Waals surface area contributed by atoms with Gasteiger partial charge in [-0.1, -0.05) is 18.2 Å². The maximum Gasteiger partial charge on any atom is 0.339 e. The van der Waals surface area contributed by atoms with Gasteiger partial charge in [-0.2, -0.15) is 0 Å². The third-order valence-electron chi connectivity index (χ3n) is 2.66. The Morgan fingerprint density at radius 1 is 1.33 bits per heavy atom. The van der Waals surface area contributed by atoms with Crippen molar-refractivity contribution in [3.63, 3.8) is 0 Å². The summed E-state index contributed by atoms with van der Waals surface area (Å²) in [7, 11) is 0. The number of carboxylic acid groups (broad SMARTS) is 1. The van der Waals surface area contributed by atoms with E-state index in [1.54, 1.807) is 12.1 Å². The first-order valence-corrected chi connectivity index (χ1v) is 5.87. The van der Waals surface area contributed by atoms with Gasteiger partial charge in [0.2, 0.25) is 0 Å². The molecule has 1 aromatic heterocycles. The molecule has 0 spiro atoms. The second-order valence-corrected chi connectivity index (χ2v) is 5.31. The summed E-state index contributed by atoms with van der Waals surface area (Å²) in [5, 5.41) is 13.2. The van der Waals surface area contributed by atoms with Crippen molar-refractivity contribution in [1.29, 1.82) is 0 Å². The predicted molar refractivity (Wildman–Crippen MR) is 69.8 cm³/mol. The smallest absolute Gasteiger partial charge is 0.339 e. The summed E-state index contributed by atoms with van der Waals surface area (Å²) < 4.78 is 5.61. The van der Waals surface area contributed by atoms with Gasteiger partial charge in [-0.25, -0.2) is 4.79 Å². The van der Waals surface area contributed by atoms with E-state index < -0.39 is 5.97 Å². The van der Waals surface area contributed by atoms with Crippen LogP contribution in [0, 0.1) is 0 Å². The van der Waals surface area contributed by atoms with Gasteiger partial charge >= 0.3 is 5.97 Å². The van der Waals surface area contributed by atoms with Crippen molar-refractivity contribution < 1.29 is 14.3 Å². The molecule has 1 aromatic carbocycles. The zero-order valence-electron chi connectivity index (χ0n) is 10.8. The highest BCUT2D eigenvalue weighted by atomic mass is 16.4. The average Bonchev–Trinajstić information content (AvgIpc) is 2.63. The Bertz CT molecular complexity index is 578. The van der Waals surface area contributed by atoms with E-state index in [-0.39, 0.29) is 11.1 Å². The van der Waals surface area contributed by atoms with Crippen molar-refractivity contribution >= 4 is 16.9 Å². The fourth-order valence-electron chi connectivity index (χ4n) is 1.80. The minimum atomic E-state index is -0.953. The van der Waals surface area contributed by atoms with E-state index in [4.69, 9.17) is 4.42 Å². The fraction of sp³-hybridized carbons (Fsp3) is 0.357. The lowest BCUT2D eigenvalue weighted by molar-refractivity contribution is 0.0695. The van der Waals surface area contributed by atoms with E-state index in [2.05, 4.69) is 5.32 Å². The first-order chi connectivity index (χ1) is 8.38. The lowest BCUT2D eigenvalue weighted by atomic mass is 10.1. The molecule has 0 atom stereocenters. The van der Waals surface area contributed by atoms with Crippen LogP contribution in [0.25, 0.3) is 11.0 Å². The molecule has 0 saturated heterocycles. The minimum absolute atomic E-state index is 0.0885.